The Balaban J connectivity index is 0.000000472. The molecule has 3 nitrogen and oxygen atoms in total. The molecule has 0 bridgehead atoms. The lowest BCUT2D eigenvalue weighted by Gasteiger charge is -2.21. The van der Waals surface area contributed by atoms with Crippen molar-refractivity contribution in [3.63, 3.8) is 0 Å². The fourth-order valence-corrected chi connectivity index (χ4v) is 3.96. The van der Waals surface area contributed by atoms with Crippen LogP contribution >= 0.6 is 11.6 Å². The Kier molecular flexibility index (Phi) is 10.2. The van der Waals surface area contributed by atoms with Crippen molar-refractivity contribution >= 4 is 11.6 Å². The summed E-state index contributed by atoms with van der Waals surface area (Å²) in [5.74, 6) is -1.63. The van der Waals surface area contributed by atoms with E-state index < -0.39 is 40.4 Å². The summed E-state index contributed by atoms with van der Waals surface area (Å²) in [7, 11) is 0. The standard InChI is InChI=1S/C21H14ClF7N2O.C8H10/c22-16-4-2-12(8-14(16)20(24,25)26)19(18-6-3-13(32)10-30-18)31-9-11-1-5-17(23)15(7-11)21(27,28)29;1-2-8-6-4-3-5-7-8/h1-8,10,19,31-32H,9H2;3-7H,2H2,1H3. The van der Waals surface area contributed by atoms with Crippen LogP contribution in [0.15, 0.2) is 85.1 Å². The maximum atomic E-state index is 13.5. The van der Waals surface area contributed by atoms with Gasteiger partial charge in [-0.2, -0.15) is 26.3 Å². The molecule has 1 aromatic heterocycles. The van der Waals surface area contributed by atoms with Gasteiger partial charge in [0.1, 0.15) is 11.6 Å². The van der Waals surface area contributed by atoms with Crippen molar-refractivity contribution < 1.29 is 35.8 Å². The molecular weight excluding hydrogens is 561 g/mol. The maximum absolute atomic E-state index is 13.5. The summed E-state index contributed by atoms with van der Waals surface area (Å²) in [6.07, 6.45) is -7.43. The minimum absolute atomic E-state index is 0.0486. The van der Waals surface area contributed by atoms with Crippen LogP contribution in [0.25, 0.3) is 0 Å². The van der Waals surface area contributed by atoms with Crippen LogP contribution in [0.2, 0.25) is 5.02 Å². The second-order valence-corrected chi connectivity index (χ2v) is 9.05. The Bertz CT molecular complexity index is 1390. The highest BCUT2D eigenvalue weighted by atomic mass is 35.5. The van der Waals surface area contributed by atoms with E-state index in [1.165, 1.54) is 23.8 Å². The highest BCUT2D eigenvalue weighted by molar-refractivity contribution is 6.31. The first-order valence-corrected chi connectivity index (χ1v) is 12.3. The number of aromatic hydroxyl groups is 1. The van der Waals surface area contributed by atoms with Gasteiger partial charge in [0.05, 0.1) is 34.1 Å². The molecule has 0 aliphatic heterocycles. The van der Waals surface area contributed by atoms with Gasteiger partial charge < -0.3 is 10.4 Å². The van der Waals surface area contributed by atoms with Gasteiger partial charge in [0.2, 0.25) is 0 Å². The number of aromatic nitrogens is 1. The van der Waals surface area contributed by atoms with Crippen molar-refractivity contribution in [2.75, 3.05) is 0 Å². The van der Waals surface area contributed by atoms with Crippen LogP contribution < -0.4 is 5.32 Å². The molecule has 40 heavy (non-hydrogen) atoms. The molecule has 11 heteroatoms. The molecule has 0 amide bonds. The van der Waals surface area contributed by atoms with Gasteiger partial charge in [-0.05, 0) is 59.5 Å². The van der Waals surface area contributed by atoms with Gasteiger partial charge in [-0.25, -0.2) is 4.39 Å². The van der Waals surface area contributed by atoms with Crippen LogP contribution in [0.4, 0.5) is 30.7 Å². The van der Waals surface area contributed by atoms with Crippen molar-refractivity contribution in [1.29, 1.82) is 0 Å². The zero-order valence-corrected chi connectivity index (χ0v) is 21.7. The van der Waals surface area contributed by atoms with Crippen LogP contribution in [0.5, 0.6) is 5.75 Å². The summed E-state index contributed by atoms with van der Waals surface area (Å²) in [6, 6.07) is 17.6. The Morgan fingerprint density at radius 1 is 0.825 bits per heavy atom. The normalized spacial score (nSPS) is 12.4. The maximum Gasteiger partial charge on any atom is 0.419 e. The number of hydrogen-bond donors (Lipinski definition) is 2. The largest absolute Gasteiger partial charge is 0.506 e. The van der Waals surface area contributed by atoms with Gasteiger partial charge in [0.25, 0.3) is 0 Å². The topological polar surface area (TPSA) is 45.1 Å². The smallest absolute Gasteiger partial charge is 0.419 e. The van der Waals surface area contributed by atoms with E-state index in [2.05, 4.69) is 41.5 Å². The number of halogens is 8. The average molecular weight is 585 g/mol. The van der Waals surface area contributed by atoms with E-state index in [1.54, 1.807) is 0 Å². The van der Waals surface area contributed by atoms with E-state index in [-0.39, 0.29) is 29.1 Å². The summed E-state index contributed by atoms with van der Waals surface area (Å²) >= 11 is 5.67. The van der Waals surface area contributed by atoms with E-state index in [9.17, 15) is 35.8 Å². The van der Waals surface area contributed by atoms with Crippen LogP contribution in [0.1, 0.15) is 46.5 Å². The Morgan fingerprint density at radius 3 is 2.05 bits per heavy atom. The molecule has 212 valence electrons. The van der Waals surface area contributed by atoms with Gasteiger partial charge in [-0.15, -0.1) is 0 Å². The number of nitrogens with zero attached hydrogens (tertiary/aromatic N) is 1. The highest BCUT2D eigenvalue weighted by Crippen LogP contribution is 2.37. The number of aryl methyl sites for hydroxylation is 1. The van der Waals surface area contributed by atoms with Crippen molar-refractivity contribution in [2.24, 2.45) is 0 Å². The van der Waals surface area contributed by atoms with Crippen LogP contribution in [0, 0.1) is 5.82 Å². The van der Waals surface area contributed by atoms with Crippen LogP contribution in [0.3, 0.4) is 0 Å². The minimum Gasteiger partial charge on any atom is -0.506 e. The highest BCUT2D eigenvalue weighted by Gasteiger charge is 2.35. The molecule has 0 spiro atoms. The predicted molar refractivity (Wildman–Crippen MR) is 138 cm³/mol. The van der Waals surface area contributed by atoms with Crippen molar-refractivity contribution in [3.8, 4) is 5.75 Å². The summed E-state index contributed by atoms with van der Waals surface area (Å²) in [5, 5.41) is 11.8. The first-order chi connectivity index (χ1) is 18.8. The molecule has 0 fully saturated rings. The summed E-state index contributed by atoms with van der Waals surface area (Å²) < 4.78 is 92.4. The van der Waals surface area contributed by atoms with E-state index >= 15 is 0 Å². The molecular formula is C29H24ClF7N2O. The van der Waals surface area contributed by atoms with E-state index in [1.807, 2.05) is 6.07 Å². The number of benzene rings is 3. The molecule has 1 atom stereocenters. The molecule has 1 unspecified atom stereocenters. The lowest BCUT2D eigenvalue weighted by molar-refractivity contribution is -0.140. The van der Waals surface area contributed by atoms with Crippen molar-refractivity contribution in [3.05, 3.63) is 129 Å². The number of pyridine rings is 1. The average Bonchev–Trinajstić information content (AvgIpc) is 2.91. The molecule has 0 radical (unpaired) electrons. The van der Waals surface area contributed by atoms with Crippen LogP contribution in [-0.4, -0.2) is 10.1 Å². The Hall–Kier alpha value is -3.63. The fraction of sp³-hybridized carbons (Fsp3) is 0.207. The minimum atomic E-state index is -4.91. The monoisotopic (exact) mass is 584 g/mol. The Labute approximate surface area is 231 Å². The zero-order valence-electron chi connectivity index (χ0n) is 21.0. The van der Waals surface area contributed by atoms with Gasteiger partial charge in [-0.3, -0.25) is 4.98 Å². The van der Waals surface area contributed by atoms with E-state index in [4.69, 9.17) is 11.6 Å². The van der Waals surface area contributed by atoms with E-state index in [0.29, 0.717) is 12.1 Å². The number of hydrogen-bond acceptors (Lipinski definition) is 3. The lowest BCUT2D eigenvalue weighted by atomic mass is 9.99. The second-order valence-electron chi connectivity index (χ2n) is 8.64. The number of rotatable bonds is 6. The zero-order chi connectivity index (χ0) is 29.5. The Morgan fingerprint density at radius 2 is 1.50 bits per heavy atom. The van der Waals surface area contributed by atoms with E-state index in [0.717, 1.165) is 30.8 Å². The first-order valence-electron chi connectivity index (χ1n) is 11.9. The molecule has 1 heterocycles. The van der Waals surface area contributed by atoms with Crippen LogP contribution in [-0.2, 0) is 25.3 Å². The summed E-state index contributed by atoms with van der Waals surface area (Å²) in [4.78, 5) is 3.99. The third-order valence-corrected chi connectivity index (χ3v) is 6.12. The third kappa shape index (κ3) is 8.43. The third-order valence-electron chi connectivity index (χ3n) is 5.79. The molecule has 0 saturated carbocycles. The molecule has 4 aromatic rings. The molecule has 4 rings (SSSR count). The second kappa shape index (κ2) is 13.1. The van der Waals surface area contributed by atoms with Gasteiger partial charge in [-0.1, -0.05) is 61.0 Å². The fourth-order valence-electron chi connectivity index (χ4n) is 3.73. The summed E-state index contributed by atoms with van der Waals surface area (Å²) in [6.45, 7) is 1.91. The molecule has 0 aliphatic rings. The molecule has 2 N–H and O–H groups in total. The first kappa shape index (κ1) is 30.9. The number of nitrogens with one attached hydrogen (secondary N) is 1. The molecule has 3 aromatic carbocycles. The predicted octanol–water partition coefficient (Wildman–Crippen LogP) is 8.75. The molecule has 0 aliphatic carbocycles. The molecule has 0 saturated heterocycles. The van der Waals surface area contributed by atoms with Crippen molar-refractivity contribution in [1.82, 2.24) is 10.3 Å². The lowest BCUT2D eigenvalue weighted by Crippen LogP contribution is -2.24. The van der Waals surface area contributed by atoms with Gasteiger partial charge in [0.15, 0.2) is 0 Å². The van der Waals surface area contributed by atoms with Crippen molar-refractivity contribution in [2.45, 2.75) is 38.3 Å². The summed E-state index contributed by atoms with van der Waals surface area (Å²) in [5.41, 5.74) is -0.820. The van der Waals surface area contributed by atoms with Gasteiger partial charge >= 0.3 is 12.4 Å². The SMILES string of the molecule is CCc1ccccc1.Oc1ccc(C(NCc2ccc(F)c(C(F)(F)F)c2)c2ccc(Cl)c(C(F)(F)F)c2)nc1. The van der Waals surface area contributed by atoms with Gasteiger partial charge in [0, 0.05) is 6.54 Å². The number of alkyl halides is 6. The quantitative estimate of drug-likeness (QED) is 0.223.